The Bertz CT molecular complexity index is 3340. The molecule has 0 bridgehead atoms. The van der Waals surface area contributed by atoms with Gasteiger partial charge in [0.05, 0.1) is 44.5 Å². The van der Waals surface area contributed by atoms with E-state index in [9.17, 15) is 105 Å². The normalized spacial score (nSPS) is 14.0. The molecule has 7 aromatic carbocycles. The molecule has 1 aliphatic heterocycles. The zero-order valence-corrected chi connectivity index (χ0v) is 62.2. The Hall–Kier alpha value is -5.09. The Kier molecular flexibility index (Phi) is 29.2. The first-order chi connectivity index (χ1) is 46.6. The van der Waals surface area contributed by atoms with E-state index in [1.807, 2.05) is 0 Å². The zero-order valence-electron chi connectivity index (χ0n) is 57.4. The van der Waals surface area contributed by atoms with Crippen LogP contribution in [0.25, 0.3) is 0 Å². The molecule has 0 unspecified atom stereocenters. The van der Waals surface area contributed by atoms with Gasteiger partial charge in [-0.25, -0.2) is 8.80 Å². The van der Waals surface area contributed by atoms with Crippen molar-refractivity contribution in [1.29, 1.82) is 0 Å². The van der Waals surface area contributed by atoms with E-state index in [2.05, 4.69) is 156 Å². The van der Waals surface area contributed by atoms with Gasteiger partial charge in [0, 0.05) is 13.2 Å². The van der Waals surface area contributed by atoms with Gasteiger partial charge in [0.25, 0.3) is 0 Å². The average Bonchev–Trinajstić information content (AvgIpc) is 0.819. The largest absolute Gasteiger partial charge is 2.00 e. The SMILES string of the molecule is C1CCOC1.CC(C)P(c1ccccc1[Si-](c1ccccc1P(C(C)C)C(C)C)c1ccccc1P(C(C)C)C(C)C)C(C)C.FC(F)(F)c1cc([B-](c2cc(C(F)(F)F)cc(C(F)(F)F)c2)(c2cc(C(F)(F)F)cc(C(F)(F)F)c2)c2cc(C(F)(F)F)cc(C(F)(F)F)c2)cc(C(F)(F)F)c1.[Fe+2]. The second kappa shape index (κ2) is 34.0. The molecule has 31 heteroatoms. The summed E-state index contributed by atoms with van der Waals surface area (Å²) in [5.41, 5.74) is -26.2. The molecule has 566 valence electrons. The van der Waals surface area contributed by atoms with Crippen LogP contribution in [0.1, 0.15) is 140 Å². The number of hydrogen-bond donors (Lipinski definition) is 0. The first-order valence-electron chi connectivity index (χ1n) is 32.1. The Labute approximate surface area is 599 Å². The number of benzene rings is 7. The van der Waals surface area contributed by atoms with Gasteiger partial charge in [-0.15, -0.1) is 0 Å². The molecule has 0 saturated carbocycles. The minimum Gasteiger partial charge on any atom is -0.381 e. The summed E-state index contributed by atoms with van der Waals surface area (Å²) in [6.07, 6.45) is -52.3. The van der Waals surface area contributed by atoms with Gasteiger partial charge in [0.2, 0.25) is 0 Å². The fraction of sp³-hybridized carbons (Fsp3) is 0.417. The Balaban J connectivity index is 0.000000361. The molecule has 0 amide bonds. The van der Waals surface area contributed by atoms with Crippen molar-refractivity contribution in [3.63, 3.8) is 0 Å². The van der Waals surface area contributed by atoms with Crippen LogP contribution in [-0.2, 0) is 71.2 Å². The van der Waals surface area contributed by atoms with Gasteiger partial charge in [-0.3, -0.25) is 0 Å². The standard InChI is InChI=1S/C36H54P3Si.C32H12BF24.C4H8O.Fe/c1-25(2)37(26(3)4)31-19-13-16-22-34(31)40(35-23-17-14-20-32(35)38(27(5)6)28(7)8)36-24-18-15-21-33(36)39(29(9)10)30(11)12;34-25(35,36)13-1-14(26(37,38)39)6-21(5-13)33(22-7-15(27(40,41)42)2-16(8-22)28(43,44)45,23-9-17(29(46,47)48)3-18(10-23)30(49,50)51)24-11-19(31(52,53)54)4-20(12-24)32(55,56)57;1-2-4-5-3-1;/h13-30H,1-12H3;1-12H;1-4H2;/q2*-1;;+2. The van der Waals surface area contributed by atoms with E-state index in [1.54, 1.807) is 31.5 Å². The predicted molar refractivity (Wildman–Crippen MR) is 365 cm³/mol. The van der Waals surface area contributed by atoms with Crippen LogP contribution in [0, 0.1) is 0 Å². The smallest absolute Gasteiger partial charge is 0.381 e. The molecule has 0 atom stereocenters. The molecule has 0 radical (unpaired) electrons. The fourth-order valence-corrected chi connectivity index (χ4v) is 26.8. The maximum Gasteiger partial charge on any atom is 2.00 e. The summed E-state index contributed by atoms with van der Waals surface area (Å²) in [6, 6.07) is 20.1. The second-order valence-corrected chi connectivity index (χ2v) is 38.7. The molecule has 1 nitrogen and oxygen atoms in total. The molecule has 7 aromatic rings. The Morgan fingerprint density at radius 3 is 0.583 bits per heavy atom. The first kappa shape index (κ1) is 88.5. The number of rotatable bonds is 16. The number of ether oxygens (including phenoxy) is 1. The van der Waals surface area contributed by atoms with Gasteiger partial charge in [-0.05, 0) is 71.1 Å². The van der Waals surface area contributed by atoms with Gasteiger partial charge in [-0.1, -0.05) is 244 Å². The quantitative estimate of drug-likeness (QED) is 0.0406. The van der Waals surface area contributed by atoms with Gasteiger partial charge >= 0.3 is 66.5 Å². The van der Waals surface area contributed by atoms with Crippen LogP contribution in [0.15, 0.2) is 146 Å². The van der Waals surface area contributed by atoms with E-state index in [4.69, 9.17) is 4.74 Å². The van der Waals surface area contributed by atoms with Crippen molar-refractivity contribution in [3.8, 4) is 0 Å². The van der Waals surface area contributed by atoms with Gasteiger partial charge in [-0.2, -0.15) is 143 Å². The summed E-state index contributed by atoms with van der Waals surface area (Å²) in [7, 11) is -2.06. The summed E-state index contributed by atoms with van der Waals surface area (Å²) < 4.78 is 346. The van der Waals surface area contributed by atoms with Crippen molar-refractivity contribution in [3.05, 3.63) is 190 Å². The molecular formula is C72H74BF24FeOP3Si. The average molecular weight is 1600 g/mol. The fourth-order valence-electron chi connectivity index (χ4n) is 13.2. The van der Waals surface area contributed by atoms with Gasteiger partial charge in [0.15, 0.2) is 0 Å². The molecule has 1 fully saturated rings. The van der Waals surface area contributed by atoms with Crippen LogP contribution < -0.4 is 53.3 Å². The summed E-state index contributed by atoms with van der Waals surface area (Å²) in [5, 5.41) is 9.89. The minimum atomic E-state index is -6.13. The monoisotopic (exact) mass is 1600 g/mol. The van der Waals surface area contributed by atoms with Crippen LogP contribution in [0.3, 0.4) is 0 Å². The van der Waals surface area contributed by atoms with Gasteiger partial charge < -0.3 is 4.74 Å². The maximum absolute atomic E-state index is 14.2. The third kappa shape index (κ3) is 21.6. The molecule has 8 rings (SSSR count). The molecule has 0 aromatic heterocycles. The van der Waals surface area contributed by atoms with E-state index in [0.717, 1.165) is 13.2 Å². The maximum atomic E-state index is 14.2. The predicted octanol–water partition coefficient (Wildman–Crippen LogP) is 20.0. The summed E-state index contributed by atoms with van der Waals surface area (Å²) in [6.45, 7) is 31.4. The molecule has 0 N–H and O–H groups in total. The topological polar surface area (TPSA) is 9.23 Å². The molecule has 1 heterocycles. The molecular weight excluding hydrogens is 1520 g/mol. The van der Waals surface area contributed by atoms with Crippen molar-refractivity contribution < 1.29 is 127 Å². The minimum absolute atomic E-state index is 0. The van der Waals surface area contributed by atoms with Crippen LogP contribution in [-0.4, -0.2) is 62.1 Å². The van der Waals surface area contributed by atoms with Crippen molar-refractivity contribution in [1.82, 2.24) is 0 Å². The van der Waals surface area contributed by atoms with Crippen LogP contribution in [0.5, 0.6) is 0 Å². The third-order valence-corrected chi connectivity index (χ3v) is 30.0. The van der Waals surface area contributed by atoms with Crippen LogP contribution >= 0.6 is 23.8 Å². The molecule has 0 spiro atoms. The van der Waals surface area contributed by atoms with E-state index in [1.165, 1.54) is 12.8 Å². The van der Waals surface area contributed by atoms with Crippen molar-refractivity contribution >= 4 is 92.0 Å². The van der Waals surface area contributed by atoms with E-state index in [-0.39, 0.29) is 40.8 Å². The summed E-state index contributed by atoms with van der Waals surface area (Å²) in [4.78, 5) is 0. The van der Waals surface area contributed by atoms with Gasteiger partial charge in [0.1, 0.15) is 6.15 Å². The summed E-state index contributed by atoms with van der Waals surface area (Å²) in [5.74, 6) is 0. The number of hydrogen-bond acceptors (Lipinski definition) is 1. The molecule has 0 aliphatic carbocycles. The zero-order chi connectivity index (χ0) is 77.2. The molecule has 1 saturated heterocycles. The second-order valence-electron chi connectivity index (χ2n) is 26.3. The van der Waals surface area contributed by atoms with Crippen molar-refractivity contribution in [2.75, 3.05) is 13.2 Å². The third-order valence-electron chi connectivity index (χ3n) is 17.0. The summed E-state index contributed by atoms with van der Waals surface area (Å²) >= 11 is 0. The number of alkyl halides is 24. The Morgan fingerprint density at radius 1 is 0.282 bits per heavy atom. The van der Waals surface area contributed by atoms with Crippen molar-refractivity contribution in [2.45, 2.75) is 179 Å². The van der Waals surface area contributed by atoms with E-state index in [0.29, 0.717) is 34.0 Å². The van der Waals surface area contributed by atoms with Crippen LogP contribution in [0.4, 0.5) is 105 Å². The van der Waals surface area contributed by atoms with E-state index < -0.39 is 204 Å². The van der Waals surface area contributed by atoms with Crippen LogP contribution in [0.2, 0.25) is 0 Å². The molecule has 1 aliphatic rings. The first-order valence-corrected chi connectivity index (χ1v) is 38.0. The Morgan fingerprint density at radius 2 is 0.447 bits per heavy atom. The molecule has 103 heavy (non-hydrogen) atoms. The van der Waals surface area contributed by atoms with E-state index >= 15 is 0 Å². The van der Waals surface area contributed by atoms with Crippen molar-refractivity contribution in [2.24, 2.45) is 0 Å². The number of halogens is 24.